The second kappa shape index (κ2) is 11.0. The molecule has 1 aromatic carbocycles. The maximum Gasteiger partial charge on any atom is 0.305 e. The number of benzene rings is 1. The molecule has 2 rings (SSSR count). The normalized spacial score (nSPS) is 13.6. The van der Waals surface area contributed by atoms with Gasteiger partial charge < -0.3 is 25.9 Å². The highest BCUT2D eigenvalue weighted by molar-refractivity contribution is 6.06. The number of rotatable bonds is 10. The van der Waals surface area contributed by atoms with E-state index in [0.29, 0.717) is 11.7 Å². The summed E-state index contributed by atoms with van der Waals surface area (Å²) in [7, 11) is 0. The maximum atomic E-state index is 12.9. The summed E-state index contributed by atoms with van der Waals surface area (Å²) in [5.41, 5.74) is 0.176. The van der Waals surface area contributed by atoms with Crippen LogP contribution in [0.2, 0.25) is 0 Å². The third-order valence-electron chi connectivity index (χ3n) is 4.76. The molecule has 0 aliphatic rings. The lowest BCUT2D eigenvalue weighted by atomic mass is 10.0. The molecule has 10 heteroatoms. The predicted molar refractivity (Wildman–Crippen MR) is 116 cm³/mol. The molecule has 0 saturated carbocycles. The van der Waals surface area contributed by atoms with Crippen LogP contribution in [0.1, 0.15) is 37.7 Å². The number of amides is 3. The van der Waals surface area contributed by atoms with Crippen molar-refractivity contribution in [2.45, 2.75) is 45.3 Å². The minimum absolute atomic E-state index is 0.176. The van der Waals surface area contributed by atoms with Crippen LogP contribution in [0, 0.1) is 5.92 Å². The molecule has 0 saturated heterocycles. The number of fused-ring (bicyclic) bond motifs is 1. The molecular weight excluding hydrogens is 416 g/mol. The SMILES string of the molecule is CC(C)C(NC(=O)c1nccc2ccccc12)C(=O)N[C@@H](C)C(=O)N[C@H](C=O)CC(=O)O. The molecule has 0 radical (unpaired) electrons. The highest BCUT2D eigenvalue weighted by atomic mass is 16.4. The Labute approximate surface area is 184 Å². The summed E-state index contributed by atoms with van der Waals surface area (Å²) in [5.74, 6) is -3.41. The van der Waals surface area contributed by atoms with Crippen LogP contribution in [-0.2, 0) is 19.2 Å². The standard InChI is InChI=1S/C22H26N4O6/c1-12(2)18(21(31)24-13(3)20(30)25-15(11-27)10-17(28)29)26-22(32)19-16-7-5-4-6-14(16)8-9-23-19/h4-9,11-13,15,18H,10H2,1-3H3,(H,24,31)(H,25,30)(H,26,32)(H,28,29)/t13-,15-,18?/m0/s1. The lowest BCUT2D eigenvalue weighted by Crippen LogP contribution is -2.55. The molecule has 0 aliphatic heterocycles. The van der Waals surface area contributed by atoms with Gasteiger partial charge in [0.05, 0.1) is 12.5 Å². The Hall–Kier alpha value is -3.82. The van der Waals surface area contributed by atoms with Crippen LogP contribution >= 0.6 is 0 Å². The number of aliphatic carboxylic acids is 1. The molecule has 3 amide bonds. The lowest BCUT2D eigenvalue weighted by molar-refractivity contribution is -0.139. The van der Waals surface area contributed by atoms with E-state index < -0.39 is 48.2 Å². The van der Waals surface area contributed by atoms with Crippen molar-refractivity contribution in [3.05, 3.63) is 42.2 Å². The van der Waals surface area contributed by atoms with E-state index in [1.807, 2.05) is 12.1 Å². The maximum absolute atomic E-state index is 12.9. The zero-order valence-electron chi connectivity index (χ0n) is 18.0. The Morgan fingerprint density at radius 2 is 1.69 bits per heavy atom. The van der Waals surface area contributed by atoms with Gasteiger partial charge in [-0.1, -0.05) is 38.1 Å². The largest absolute Gasteiger partial charge is 0.481 e. The van der Waals surface area contributed by atoms with Gasteiger partial charge in [0.25, 0.3) is 5.91 Å². The fraction of sp³-hybridized carbons (Fsp3) is 0.364. The zero-order valence-corrected chi connectivity index (χ0v) is 18.0. The molecule has 0 fully saturated rings. The van der Waals surface area contributed by atoms with Crippen LogP contribution in [0.4, 0.5) is 0 Å². The Kier molecular flexibility index (Phi) is 8.39. The highest BCUT2D eigenvalue weighted by Gasteiger charge is 2.29. The fourth-order valence-electron chi connectivity index (χ4n) is 3.04. The quantitative estimate of drug-likeness (QED) is 0.394. The molecule has 0 aliphatic carbocycles. The van der Waals surface area contributed by atoms with Gasteiger partial charge in [-0.25, -0.2) is 0 Å². The van der Waals surface area contributed by atoms with Gasteiger partial charge >= 0.3 is 5.97 Å². The Morgan fingerprint density at radius 1 is 1.00 bits per heavy atom. The molecule has 1 unspecified atom stereocenters. The third-order valence-corrected chi connectivity index (χ3v) is 4.76. The number of nitrogens with zero attached hydrogens (tertiary/aromatic N) is 1. The van der Waals surface area contributed by atoms with Crippen molar-refractivity contribution in [3.63, 3.8) is 0 Å². The van der Waals surface area contributed by atoms with E-state index >= 15 is 0 Å². The van der Waals surface area contributed by atoms with Crippen LogP contribution < -0.4 is 16.0 Å². The molecule has 0 bridgehead atoms. The first-order valence-electron chi connectivity index (χ1n) is 10.1. The smallest absolute Gasteiger partial charge is 0.305 e. The number of carboxylic acids is 1. The van der Waals surface area contributed by atoms with Crippen molar-refractivity contribution in [1.29, 1.82) is 0 Å². The molecule has 2 aromatic rings. The summed E-state index contributed by atoms with van der Waals surface area (Å²) >= 11 is 0. The molecule has 1 aromatic heterocycles. The Morgan fingerprint density at radius 3 is 2.31 bits per heavy atom. The van der Waals surface area contributed by atoms with E-state index in [2.05, 4.69) is 20.9 Å². The van der Waals surface area contributed by atoms with Gasteiger partial charge in [-0.15, -0.1) is 0 Å². The summed E-state index contributed by atoms with van der Waals surface area (Å²) in [5, 5.41) is 17.6. The van der Waals surface area contributed by atoms with E-state index in [1.54, 1.807) is 32.0 Å². The highest BCUT2D eigenvalue weighted by Crippen LogP contribution is 2.16. The van der Waals surface area contributed by atoms with Crippen molar-refractivity contribution in [3.8, 4) is 0 Å². The zero-order chi connectivity index (χ0) is 23.8. The molecule has 3 atom stereocenters. The van der Waals surface area contributed by atoms with Crippen molar-refractivity contribution < 1.29 is 29.1 Å². The monoisotopic (exact) mass is 442 g/mol. The minimum Gasteiger partial charge on any atom is -0.481 e. The number of nitrogens with one attached hydrogen (secondary N) is 3. The van der Waals surface area contributed by atoms with Crippen LogP contribution in [0.15, 0.2) is 36.5 Å². The van der Waals surface area contributed by atoms with Crippen LogP contribution in [0.25, 0.3) is 10.8 Å². The lowest BCUT2D eigenvalue weighted by Gasteiger charge is -2.24. The summed E-state index contributed by atoms with van der Waals surface area (Å²) in [4.78, 5) is 63.7. The van der Waals surface area contributed by atoms with Gasteiger partial charge in [-0.3, -0.25) is 24.2 Å². The first-order chi connectivity index (χ1) is 15.1. The van der Waals surface area contributed by atoms with Gasteiger partial charge in [0.15, 0.2) is 0 Å². The van der Waals surface area contributed by atoms with Gasteiger partial charge in [0.2, 0.25) is 11.8 Å². The summed E-state index contributed by atoms with van der Waals surface area (Å²) < 4.78 is 0. The summed E-state index contributed by atoms with van der Waals surface area (Å²) in [6.07, 6.45) is 1.25. The Bertz CT molecular complexity index is 1020. The number of carbonyl (C=O) groups excluding carboxylic acids is 4. The molecule has 170 valence electrons. The van der Waals surface area contributed by atoms with E-state index in [-0.39, 0.29) is 11.6 Å². The number of hydrogen-bond acceptors (Lipinski definition) is 6. The molecule has 10 nitrogen and oxygen atoms in total. The number of carbonyl (C=O) groups is 5. The van der Waals surface area contributed by atoms with Gasteiger partial charge in [-0.2, -0.15) is 0 Å². The Balaban J connectivity index is 2.08. The van der Waals surface area contributed by atoms with Gasteiger partial charge in [-0.05, 0) is 24.3 Å². The average Bonchev–Trinajstić information content (AvgIpc) is 2.75. The van der Waals surface area contributed by atoms with Crippen LogP contribution in [0.5, 0.6) is 0 Å². The van der Waals surface area contributed by atoms with E-state index in [4.69, 9.17) is 5.11 Å². The van der Waals surface area contributed by atoms with Crippen molar-refractivity contribution in [2.24, 2.45) is 5.92 Å². The average molecular weight is 442 g/mol. The van der Waals surface area contributed by atoms with Crippen molar-refractivity contribution in [1.82, 2.24) is 20.9 Å². The van der Waals surface area contributed by atoms with Crippen LogP contribution in [0.3, 0.4) is 0 Å². The predicted octanol–water partition coefficient (Wildman–Crippen LogP) is 0.652. The fourth-order valence-corrected chi connectivity index (χ4v) is 3.04. The second-order valence-corrected chi connectivity index (χ2v) is 7.66. The van der Waals surface area contributed by atoms with Crippen molar-refractivity contribution >= 4 is 40.7 Å². The van der Waals surface area contributed by atoms with E-state index in [1.165, 1.54) is 13.1 Å². The first kappa shape index (κ1) is 24.4. The molecular formula is C22H26N4O6. The van der Waals surface area contributed by atoms with Crippen LogP contribution in [-0.4, -0.2) is 58.2 Å². The van der Waals surface area contributed by atoms with Crippen molar-refractivity contribution in [2.75, 3.05) is 0 Å². The van der Waals surface area contributed by atoms with Gasteiger partial charge in [0.1, 0.15) is 24.1 Å². The second-order valence-electron chi connectivity index (χ2n) is 7.66. The molecule has 1 heterocycles. The summed E-state index contributed by atoms with van der Waals surface area (Å²) in [6.45, 7) is 4.86. The van der Waals surface area contributed by atoms with E-state index in [9.17, 15) is 24.0 Å². The summed E-state index contributed by atoms with van der Waals surface area (Å²) in [6, 6.07) is 5.77. The number of carboxylic acid groups (broad SMARTS) is 1. The minimum atomic E-state index is -1.25. The first-order valence-corrected chi connectivity index (χ1v) is 10.1. The van der Waals surface area contributed by atoms with E-state index in [0.717, 1.165) is 5.39 Å². The molecule has 4 N–H and O–H groups in total. The third kappa shape index (κ3) is 6.34. The topological polar surface area (TPSA) is 155 Å². The number of pyridine rings is 1. The van der Waals surface area contributed by atoms with Gasteiger partial charge in [0, 0.05) is 11.6 Å². The molecule has 32 heavy (non-hydrogen) atoms. The molecule has 0 spiro atoms. The number of aromatic nitrogens is 1. The number of hydrogen-bond donors (Lipinski definition) is 4. The number of aldehydes is 1.